The highest BCUT2D eigenvalue weighted by atomic mass is 35.5. The van der Waals surface area contributed by atoms with Crippen molar-refractivity contribution in [3.63, 3.8) is 0 Å². The quantitative estimate of drug-likeness (QED) is 0.725. The van der Waals surface area contributed by atoms with Crippen molar-refractivity contribution in [1.82, 2.24) is 9.97 Å². The normalized spacial score (nSPS) is 18.8. The molecule has 112 valence electrons. The van der Waals surface area contributed by atoms with E-state index in [1.807, 2.05) is 30.3 Å². The third-order valence-electron chi connectivity index (χ3n) is 3.80. The Hall–Kier alpha value is -2.11. The molecule has 1 saturated heterocycles. The molecule has 0 radical (unpaired) electrons. The fourth-order valence-electron chi connectivity index (χ4n) is 2.76. The Morgan fingerprint density at radius 3 is 3.05 bits per heavy atom. The first-order valence-corrected chi connectivity index (χ1v) is 7.49. The highest BCUT2D eigenvalue weighted by Gasteiger charge is 2.25. The Labute approximate surface area is 132 Å². The molecule has 1 fully saturated rings. The van der Waals surface area contributed by atoms with Crippen LogP contribution in [-0.4, -0.2) is 29.7 Å². The maximum Gasteiger partial charge on any atom is 0.140 e. The largest absolute Gasteiger partial charge is 0.467 e. The van der Waals surface area contributed by atoms with E-state index in [9.17, 15) is 0 Å². The van der Waals surface area contributed by atoms with Crippen molar-refractivity contribution >= 4 is 28.3 Å². The van der Waals surface area contributed by atoms with Crippen LogP contribution in [0.2, 0.25) is 5.02 Å². The molecule has 5 nitrogen and oxygen atoms in total. The number of ether oxygens (including phenoxy) is 1. The smallest absolute Gasteiger partial charge is 0.140 e. The summed E-state index contributed by atoms with van der Waals surface area (Å²) in [6.07, 6.45) is 3.16. The van der Waals surface area contributed by atoms with Crippen LogP contribution in [0.4, 0.5) is 5.82 Å². The van der Waals surface area contributed by atoms with Gasteiger partial charge in [0.25, 0.3) is 0 Å². The first kappa shape index (κ1) is 13.5. The van der Waals surface area contributed by atoms with Crippen LogP contribution in [-0.2, 0) is 4.74 Å². The van der Waals surface area contributed by atoms with Crippen molar-refractivity contribution in [3.05, 3.63) is 53.7 Å². The predicted molar refractivity (Wildman–Crippen MR) is 84.2 cm³/mol. The molecule has 2 aromatic heterocycles. The maximum atomic E-state index is 6.04. The number of aromatic nitrogens is 2. The summed E-state index contributed by atoms with van der Waals surface area (Å²) < 4.78 is 11.3. The van der Waals surface area contributed by atoms with Crippen LogP contribution in [0.3, 0.4) is 0 Å². The maximum absolute atomic E-state index is 6.04. The minimum atomic E-state index is -0.0823. The number of anilines is 1. The molecule has 0 aliphatic carbocycles. The van der Waals surface area contributed by atoms with Gasteiger partial charge >= 0.3 is 0 Å². The molecular weight excluding hydrogens is 302 g/mol. The van der Waals surface area contributed by atoms with E-state index < -0.39 is 0 Å². The van der Waals surface area contributed by atoms with Gasteiger partial charge in [0.1, 0.15) is 24.0 Å². The summed E-state index contributed by atoms with van der Waals surface area (Å²) in [6.45, 7) is 2.11. The summed E-state index contributed by atoms with van der Waals surface area (Å²) in [4.78, 5) is 11.0. The molecule has 4 rings (SSSR count). The molecule has 1 aliphatic heterocycles. The van der Waals surface area contributed by atoms with Crippen LogP contribution in [0.5, 0.6) is 0 Å². The monoisotopic (exact) mass is 315 g/mol. The van der Waals surface area contributed by atoms with Gasteiger partial charge in [-0.15, -0.1) is 0 Å². The number of furan rings is 1. The average molecular weight is 316 g/mol. The van der Waals surface area contributed by atoms with Gasteiger partial charge < -0.3 is 14.1 Å². The summed E-state index contributed by atoms with van der Waals surface area (Å²) in [5.41, 5.74) is 0.846. The van der Waals surface area contributed by atoms with Gasteiger partial charge in [-0.1, -0.05) is 11.6 Å². The fourth-order valence-corrected chi connectivity index (χ4v) is 2.92. The van der Waals surface area contributed by atoms with E-state index in [4.69, 9.17) is 20.8 Å². The minimum absolute atomic E-state index is 0.0823. The van der Waals surface area contributed by atoms with Gasteiger partial charge in [0.15, 0.2) is 0 Å². The van der Waals surface area contributed by atoms with Crippen LogP contribution >= 0.6 is 11.6 Å². The van der Waals surface area contributed by atoms with Gasteiger partial charge in [0.05, 0.1) is 24.9 Å². The summed E-state index contributed by atoms with van der Waals surface area (Å²) in [5.74, 6) is 1.74. The Morgan fingerprint density at radius 2 is 2.18 bits per heavy atom. The number of morpholine rings is 1. The van der Waals surface area contributed by atoms with Crippen LogP contribution in [0.15, 0.2) is 47.3 Å². The number of rotatable bonds is 2. The van der Waals surface area contributed by atoms with Crippen LogP contribution in [0, 0.1) is 0 Å². The SMILES string of the molecule is Clc1ccc2c(N3CCOC(c4ccco4)C3)ncnc2c1. The summed E-state index contributed by atoms with van der Waals surface area (Å²) >= 11 is 6.04. The Balaban J connectivity index is 1.69. The first-order valence-electron chi connectivity index (χ1n) is 7.11. The summed E-state index contributed by atoms with van der Waals surface area (Å²) in [7, 11) is 0. The number of benzene rings is 1. The lowest BCUT2D eigenvalue weighted by atomic mass is 10.2. The van der Waals surface area contributed by atoms with Gasteiger partial charge in [0, 0.05) is 17.0 Å². The van der Waals surface area contributed by atoms with E-state index in [1.165, 1.54) is 0 Å². The number of hydrogen-bond donors (Lipinski definition) is 0. The zero-order valence-electron chi connectivity index (χ0n) is 11.8. The molecule has 22 heavy (non-hydrogen) atoms. The standard InChI is InChI=1S/C16H14ClN3O2/c17-11-3-4-12-13(8-11)18-10-19-16(12)20-5-7-22-15(9-20)14-2-1-6-21-14/h1-4,6,8,10,15H,5,7,9H2. The van der Waals surface area contributed by atoms with Gasteiger partial charge in [-0.2, -0.15) is 0 Å². The summed E-state index contributed by atoms with van der Waals surface area (Å²) in [5, 5.41) is 1.67. The zero-order chi connectivity index (χ0) is 14.9. The van der Waals surface area contributed by atoms with E-state index in [2.05, 4.69) is 14.9 Å². The zero-order valence-corrected chi connectivity index (χ0v) is 12.5. The summed E-state index contributed by atoms with van der Waals surface area (Å²) in [6, 6.07) is 9.49. The lowest BCUT2D eigenvalue weighted by molar-refractivity contribution is 0.0256. The lowest BCUT2D eigenvalue weighted by Gasteiger charge is -2.33. The third kappa shape index (κ3) is 2.42. The number of hydrogen-bond acceptors (Lipinski definition) is 5. The average Bonchev–Trinajstić information content (AvgIpc) is 3.08. The molecule has 6 heteroatoms. The van der Waals surface area contributed by atoms with Crippen molar-refractivity contribution in [2.45, 2.75) is 6.10 Å². The molecule has 1 aliphatic rings. The molecule has 1 atom stereocenters. The van der Waals surface area contributed by atoms with E-state index in [-0.39, 0.29) is 6.10 Å². The molecule has 1 unspecified atom stereocenters. The second-order valence-electron chi connectivity index (χ2n) is 5.18. The molecule has 1 aromatic carbocycles. The van der Waals surface area contributed by atoms with Gasteiger partial charge in [-0.05, 0) is 30.3 Å². The topological polar surface area (TPSA) is 51.4 Å². The second-order valence-corrected chi connectivity index (χ2v) is 5.62. The Kier molecular flexibility index (Phi) is 3.44. The molecule has 3 aromatic rings. The predicted octanol–water partition coefficient (Wildman–Crippen LogP) is 3.45. The number of halogens is 1. The Morgan fingerprint density at radius 1 is 1.23 bits per heavy atom. The van der Waals surface area contributed by atoms with Crippen LogP contribution < -0.4 is 4.90 Å². The van der Waals surface area contributed by atoms with Gasteiger partial charge in [-0.25, -0.2) is 9.97 Å². The van der Waals surface area contributed by atoms with Crippen molar-refractivity contribution in [1.29, 1.82) is 0 Å². The number of nitrogens with zero attached hydrogens (tertiary/aromatic N) is 3. The highest BCUT2D eigenvalue weighted by Crippen LogP contribution is 2.30. The fraction of sp³-hybridized carbons (Fsp3) is 0.250. The minimum Gasteiger partial charge on any atom is -0.467 e. The van der Waals surface area contributed by atoms with Crippen molar-refractivity contribution in [3.8, 4) is 0 Å². The third-order valence-corrected chi connectivity index (χ3v) is 4.04. The molecular formula is C16H14ClN3O2. The second kappa shape index (κ2) is 5.59. The Bertz CT molecular complexity index is 791. The molecule has 0 N–H and O–H groups in total. The van der Waals surface area contributed by atoms with Crippen LogP contribution in [0.1, 0.15) is 11.9 Å². The molecule has 0 spiro atoms. The van der Waals surface area contributed by atoms with Crippen molar-refractivity contribution in [2.75, 3.05) is 24.6 Å². The lowest BCUT2D eigenvalue weighted by Crippen LogP contribution is -2.38. The molecule has 3 heterocycles. The van der Waals surface area contributed by atoms with Gasteiger partial charge in [0.2, 0.25) is 0 Å². The highest BCUT2D eigenvalue weighted by molar-refractivity contribution is 6.31. The van der Waals surface area contributed by atoms with E-state index in [0.29, 0.717) is 18.2 Å². The van der Waals surface area contributed by atoms with E-state index in [0.717, 1.165) is 29.0 Å². The molecule has 0 saturated carbocycles. The van der Waals surface area contributed by atoms with Crippen molar-refractivity contribution in [2.24, 2.45) is 0 Å². The van der Waals surface area contributed by atoms with Crippen LogP contribution in [0.25, 0.3) is 10.9 Å². The first-order chi connectivity index (χ1) is 10.8. The molecule has 0 bridgehead atoms. The van der Waals surface area contributed by atoms with E-state index >= 15 is 0 Å². The number of fused-ring (bicyclic) bond motifs is 1. The van der Waals surface area contributed by atoms with Gasteiger partial charge in [-0.3, -0.25) is 0 Å². The van der Waals surface area contributed by atoms with E-state index in [1.54, 1.807) is 12.6 Å². The molecule has 0 amide bonds. The van der Waals surface area contributed by atoms with Crippen molar-refractivity contribution < 1.29 is 9.15 Å².